The Morgan fingerprint density at radius 3 is 2.68 bits per heavy atom. The van der Waals surface area contributed by atoms with Gasteiger partial charge in [0.05, 0.1) is 17.7 Å². The molecule has 1 amide bonds. The van der Waals surface area contributed by atoms with E-state index in [2.05, 4.69) is 31.8 Å². The van der Waals surface area contributed by atoms with Crippen molar-refractivity contribution in [3.8, 4) is 5.75 Å². The van der Waals surface area contributed by atoms with Crippen LogP contribution in [0.5, 0.6) is 5.75 Å². The molecule has 8 nitrogen and oxygen atoms in total. The number of nitrogens with zero attached hydrogens (tertiary/aromatic N) is 2. The molecule has 0 bridgehead atoms. The first-order valence-corrected chi connectivity index (χ1v) is 8.02. The number of nitro groups is 1. The number of carbonyl (C=O) groups is 1. The number of nitrogens with one attached hydrogen (secondary N) is 2. The van der Waals surface area contributed by atoms with E-state index in [-0.39, 0.29) is 12.1 Å². The minimum absolute atomic E-state index is 0.0381. The SMILES string of the molecule is O=C(CNc1ccc(Cl)cc1)N/N=C\c1cc(Br)cc([N+](=O)[O-])c1O. The molecule has 25 heavy (non-hydrogen) atoms. The summed E-state index contributed by atoms with van der Waals surface area (Å²) in [5.74, 6) is -0.972. The lowest BCUT2D eigenvalue weighted by molar-refractivity contribution is -0.385. The molecule has 0 unspecified atom stereocenters. The molecule has 0 aliphatic heterocycles. The minimum atomic E-state index is -0.716. The highest BCUT2D eigenvalue weighted by atomic mass is 79.9. The number of phenols is 1. The van der Waals surface area contributed by atoms with Crippen molar-refractivity contribution in [1.82, 2.24) is 5.43 Å². The average Bonchev–Trinajstić information content (AvgIpc) is 2.57. The Morgan fingerprint density at radius 1 is 1.36 bits per heavy atom. The van der Waals surface area contributed by atoms with Gasteiger partial charge in [0.25, 0.3) is 5.91 Å². The Labute approximate surface area is 155 Å². The molecule has 0 fully saturated rings. The zero-order valence-electron chi connectivity index (χ0n) is 12.6. The first kappa shape index (κ1) is 18.7. The molecule has 2 rings (SSSR count). The molecular weight excluding hydrogens is 416 g/mol. The molecular formula is C15H12BrClN4O4. The van der Waals surface area contributed by atoms with Crippen LogP contribution in [0.25, 0.3) is 0 Å². The minimum Gasteiger partial charge on any atom is -0.502 e. The second-order valence-corrected chi connectivity index (χ2v) is 6.13. The number of hydrogen-bond acceptors (Lipinski definition) is 6. The summed E-state index contributed by atoms with van der Waals surface area (Å²) < 4.78 is 0.397. The van der Waals surface area contributed by atoms with Gasteiger partial charge in [-0.05, 0) is 30.3 Å². The van der Waals surface area contributed by atoms with Gasteiger partial charge in [0.15, 0.2) is 0 Å². The standard InChI is InChI=1S/C15H12BrClN4O4/c16-10-5-9(15(23)13(6-10)21(24)25)7-19-20-14(22)8-18-12-3-1-11(17)2-4-12/h1-7,18,23H,8H2,(H,20,22)/b19-7-. The van der Waals surface area contributed by atoms with Gasteiger partial charge >= 0.3 is 5.69 Å². The normalized spacial score (nSPS) is 10.6. The number of hydrogen-bond donors (Lipinski definition) is 3. The molecule has 0 saturated heterocycles. The topological polar surface area (TPSA) is 117 Å². The Balaban J connectivity index is 1.95. The van der Waals surface area contributed by atoms with Gasteiger partial charge in [-0.1, -0.05) is 27.5 Å². The lowest BCUT2D eigenvalue weighted by atomic mass is 10.2. The van der Waals surface area contributed by atoms with Crippen LogP contribution >= 0.6 is 27.5 Å². The van der Waals surface area contributed by atoms with Crippen molar-refractivity contribution in [2.75, 3.05) is 11.9 Å². The van der Waals surface area contributed by atoms with Crippen molar-refractivity contribution < 1.29 is 14.8 Å². The smallest absolute Gasteiger partial charge is 0.312 e. The van der Waals surface area contributed by atoms with Gasteiger partial charge in [0, 0.05) is 26.8 Å². The van der Waals surface area contributed by atoms with Gasteiger partial charge in [-0.15, -0.1) is 0 Å². The number of aromatic hydroxyl groups is 1. The molecule has 0 radical (unpaired) electrons. The van der Waals surface area contributed by atoms with E-state index in [0.29, 0.717) is 15.2 Å². The average molecular weight is 428 g/mol. The molecule has 2 aromatic carbocycles. The third-order valence-electron chi connectivity index (χ3n) is 2.97. The highest BCUT2D eigenvalue weighted by Gasteiger charge is 2.17. The predicted molar refractivity (Wildman–Crippen MR) is 98.1 cm³/mol. The zero-order valence-corrected chi connectivity index (χ0v) is 14.9. The van der Waals surface area contributed by atoms with Crippen molar-refractivity contribution in [2.24, 2.45) is 5.10 Å². The highest BCUT2D eigenvalue weighted by molar-refractivity contribution is 9.10. The van der Waals surface area contributed by atoms with Crippen molar-refractivity contribution in [3.05, 3.63) is 61.6 Å². The van der Waals surface area contributed by atoms with Gasteiger partial charge in [-0.3, -0.25) is 14.9 Å². The second kappa shape index (κ2) is 8.45. The number of nitro benzene ring substituents is 1. The van der Waals surface area contributed by atoms with E-state index < -0.39 is 22.3 Å². The molecule has 130 valence electrons. The number of halogens is 2. The summed E-state index contributed by atoms with van der Waals surface area (Å²) in [5.41, 5.74) is 2.59. The highest BCUT2D eigenvalue weighted by Crippen LogP contribution is 2.32. The number of carbonyl (C=O) groups excluding carboxylic acids is 1. The predicted octanol–water partition coefficient (Wildman–Crippen LogP) is 3.28. The number of hydrazone groups is 1. The molecule has 0 atom stereocenters. The van der Waals surface area contributed by atoms with E-state index >= 15 is 0 Å². The fourth-order valence-electron chi connectivity index (χ4n) is 1.81. The van der Waals surface area contributed by atoms with Crippen molar-refractivity contribution in [2.45, 2.75) is 0 Å². The van der Waals surface area contributed by atoms with E-state index in [0.717, 1.165) is 6.21 Å². The number of benzene rings is 2. The lowest BCUT2D eigenvalue weighted by Crippen LogP contribution is -2.25. The Morgan fingerprint density at radius 2 is 2.04 bits per heavy atom. The van der Waals surface area contributed by atoms with Crippen LogP contribution in [0.2, 0.25) is 5.02 Å². The number of phenolic OH excluding ortho intramolecular Hbond substituents is 1. The number of rotatable bonds is 6. The van der Waals surface area contributed by atoms with Crippen molar-refractivity contribution in [1.29, 1.82) is 0 Å². The molecule has 0 aromatic heterocycles. The summed E-state index contributed by atoms with van der Waals surface area (Å²) >= 11 is 8.87. The lowest BCUT2D eigenvalue weighted by Gasteiger charge is -2.05. The van der Waals surface area contributed by atoms with Crippen LogP contribution in [0.15, 0.2) is 46.0 Å². The first-order valence-electron chi connectivity index (χ1n) is 6.85. The summed E-state index contributed by atoms with van der Waals surface area (Å²) in [6, 6.07) is 9.41. The maximum absolute atomic E-state index is 11.7. The summed E-state index contributed by atoms with van der Waals surface area (Å²) in [6.07, 6.45) is 1.12. The molecule has 0 spiro atoms. The summed E-state index contributed by atoms with van der Waals surface area (Å²) in [5, 5.41) is 27.8. The van der Waals surface area contributed by atoms with Crippen molar-refractivity contribution in [3.63, 3.8) is 0 Å². The number of amides is 1. The second-order valence-electron chi connectivity index (χ2n) is 4.77. The Bertz CT molecular complexity index is 827. The van der Waals surface area contributed by atoms with Crippen LogP contribution in [-0.4, -0.2) is 28.7 Å². The van der Waals surface area contributed by atoms with Gasteiger partial charge in [-0.2, -0.15) is 5.10 Å². The van der Waals surface area contributed by atoms with Crippen LogP contribution in [0.3, 0.4) is 0 Å². The van der Waals surface area contributed by atoms with Crippen LogP contribution in [0, 0.1) is 10.1 Å². The Kier molecular flexibility index (Phi) is 6.31. The van der Waals surface area contributed by atoms with Gasteiger partial charge < -0.3 is 10.4 Å². The fourth-order valence-corrected chi connectivity index (χ4v) is 2.40. The molecule has 3 N–H and O–H groups in total. The van der Waals surface area contributed by atoms with Crippen LogP contribution in [0.4, 0.5) is 11.4 Å². The quantitative estimate of drug-likeness (QED) is 0.371. The van der Waals surface area contributed by atoms with E-state index in [1.165, 1.54) is 12.1 Å². The maximum Gasteiger partial charge on any atom is 0.312 e. The van der Waals surface area contributed by atoms with E-state index in [1.807, 2.05) is 0 Å². The van der Waals surface area contributed by atoms with Crippen molar-refractivity contribution >= 4 is 51.0 Å². The van der Waals surface area contributed by atoms with E-state index in [1.54, 1.807) is 24.3 Å². The third kappa shape index (κ3) is 5.44. The van der Waals surface area contributed by atoms with E-state index in [9.17, 15) is 20.0 Å². The molecule has 0 heterocycles. The zero-order chi connectivity index (χ0) is 18.4. The van der Waals surface area contributed by atoms with Gasteiger partial charge in [-0.25, -0.2) is 5.43 Å². The van der Waals surface area contributed by atoms with E-state index in [4.69, 9.17) is 11.6 Å². The summed E-state index contributed by atoms with van der Waals surface area (Å²) in [7, 11) is 0. The first-order chi connectivity index (χ1) is 11.9. The molecule has 0 aliphatic carbocycles. The molecule has 2 aromatic rings. The fraction of sp³-hybridized carbons (Fsp3) is 0.0667. The summed E-state index contributed by atoms with van der Waals surface area (Å²) in [4.78, 5) is 21.8. The largest absolute Gasteiger partial charge is 0.502 e. The third-order valence-corrected chi connectivity index (χ3v) is 3.68. The molecule has 0 saturated carbocycles. The van der Waals surface area contributed by atoms with Gasteiger partial charge in [0.2, 0.25) is 5.75 Å². The van der Waals surface area contributed by atoms with Crippen LogP contribution < -0.4 is 10.7 Å². The maximum atomic E-state index is 11.7. The van der Waals surface area contributed by atoms with Gasteiger partial charge in [0.1, 0.15) is 0 Å². The Hall–Kier alpha value is -2.65. The van der Waals surface area contributed by atoms with Crippen LogP contribution in [0.1, 0.15) is 5.56 Å². The monoisotopic (exact) mass is 426 g/mol. The summed E-state index contributed by atoms with van der Waals surface area (Å²) in [6.45, 7) is -0.0381. The van der Waals surface area contributed by atoms with Crippen LogP contribution in [-0.2, 0) is 4.79 Å². The number of anilines is 1. The molecule has 10 heteroatoms. The molecule has 0 aliphatic rings.